The van der Waals surface area contributed by atoms with E-state index in [1.807, 2.05) is 6.07 Å². The minimum Gasteiger partial charge on any atom is -0.385 e. The van der Waals surface area contributed by atoms with E-state index in [0.29, 0.717) is 5.92 Å². The van der Waals surface area contributed by atoms with Gasteiger partial charge >= 0.3 is 0 Å². The van der Waals surface area contributed by atoms with E-state index in [2.05, 4.69) is 12.2 Å². The van der Waals surface area contributed by atoms with Crippen LogP contribution in [0.5, 0.6) is 0 Å². The highest BCUT2D eigenvalue weighted by atomic mass is 16.6. The molecule has 0 saturated heterocycles. The van der Waals surface area contributed by atoms with E-state index in [4.69, 9.17) is 5.26 Å². The molecule has 0 radical (unpaired) electrons. The van der Waals surface area contributed by atoms with E-state index in [0.717, 1.165) is 18.2 Å². The molecule has 1 aromatic carbocycles. The number of nitrogens with one attached hydrogen (secondary N) is 1. The van der Waals surface area contributed by atoms with E-state index in [-0.39, 0.29) is 11.3 Å². The Morgan fingerprint density at radius 3 is 2.57 bits per heavy atom. The van der Waals surface area contributed by atoms with Gasteiger partial charge < -0.3 is 5.32 Å². The van der Waals surface area contributed by atoms with Crippen molar-refractivity contribution < 1.29 is 4.92 Å². The largest absolute Gasteiger partial charge is 0.385 e. The first-order valence-corrected chi connectivity index (χ1v) is 7.56. The van der Waals surface area contributed by atoms with Crippen LogP contribution in [0.4, 0.5) is 11.4 Å². The minimum atomic E-state index is -0.519. The molecule has 5 heteroatoms. The Labute approximate surface area is 125 Å². The lowest BCUT2D eigenvalue weighted by Gasteiger charge is -2.28. The van der Waals surface area contributed by atoms with Crippen molar-refractivity contribution in [2.45, 2.75) is 39.0 Å². The Morgan fingerprint density at radius 2 is 2.00 bits per heavy atom. The standard InChI is InChI=1S/C16H21N3O2/c1-2-12-3-5-13(6-4-12)11-18-15-7-8-16(19(20)21)14(9-15)10-17/h7-9,12-13,18H,2-6,11H2,1H3. The highest BCUT2D eigenvalue weighted by Gasteiger charge is 2.20. The highest BCUT2D eigenvalue weighted by Crippen LogP contribution is 2.31. The van der Waals surface area contributed by atoms with Crippen molar-refractivity contribution in [2.75, 3.05) is 11.9 Å². The molecule has 1 aliphatic rings. The van der Waals surface area contributed by atoms with Gasteiger partial charge in [-0.1, -0.05) is 26.2 Å². The van der Waals surface area contributed by atoms with Gasteiger partial charge in [0.2, 0.25) is 0 Å². The van der Waals surface area contributed by atoms with Crippen LogP contribution >= 0.6 is 0 Å². The number of nitro groups is 1. The normalized spacial score (nSPS) is 21.5. The lowest BCUT2D eigenvalue weighted by Crippen LogP contribution is -2.21. The first-order valence-electron chi connectivity index (χ1n) is 7.56. The van der Waals surface area contributed by atoms with Crippen molar-refractivity contribution in [1.29, 1.82) is 5.26 Å². The number of hydrogen-bond acceptors (Lipinski definition) is 4. The van der Waals surface area contributed by atoms with Crippen LogP contribution in [-0.2, 0) is 0 Å². The summed E-state index contributed by atoms with van der Waals surface area (Å²) in [6, 6.07) is 6.53. The number of nitriles is 1. The van der Waals surface area contributed by atoms with Gasteiger partial charge in [-0.3, -0.25) is 10.1 Å². The van der Waals surface area contributed by atoms with Crippen LogP contribution in [-0.4, -0.2) is 11.5 Å². The summed E-state index contributed by atoms with van der Waals surface area (Å²) in [6.07, 6.45) is 6.35. The highest BCUT2D eigenvalue weighted by molar-refractivity contribution is 5.58. The third-order valence-corrected chi connectivity index (χ3v) is 4.45. The Morgan fingerprint density at radius 1 is 1.33 bits per heavy atom. The Kier molecular flexibility index (Phi) is 5.15. The van der Waals surface area contributed by atoms with Crippen LogP contribution in [0.2, 0.25) is 0 Å². The molecule has 1 aromatic rings. The number of nitro benzene ring substituents is 1. The Balaban J connectivity index is 1.92. The average molecular weight is 287 g/mol. The topological polar surface area (TPSA) is 79.0 Å². The molecule has 0 heterocycles. The lowest BCUT2D eigenvalue weighted by molar-refractivity contribution is -0.385. The summed E-state index contributed by atoms with van der Waals surface area (Å²) in [5.41, 5.74) is 0.765. The SMILES string of the molecule is CCC1CCC(CNc2ccc([N+](=O)[O-])c(C#N)c2)CC1. The van der Waals surface area contributed by atoms with Crippen LogP contribution in [0.1, 0.15) is 44.6 Å². The summed E-state index contributed by atoms with van der Waals surface area (Å²) in [4.78, 5) is 10.3. The first-order chi connectivity index (χ1) is 10.1. The van der Waals surface area contributed by atoms with Gasteiger partial charge in [-0.15, -0.1) is 0 Å². The number of rotatable bonds is 5. The van der Waals surface area contributed by atoms with Crippen molar-refractivity contribution in [3.63, 3.8) is 0 Å². The Hall–Kier alpha value is -2.09. The van der Waals surface area contributed by atoms with E-state index < -0.39 is 4.92 Å². The minimum absolute atomic E-state index is 0.111. The summed E-state index contributed by atoms with van der Waals surface area (Å²) in [5.74, 6) is 1.54. The van der Waals surface area contributed by atoms with Crippen molar-refractivity contribution >= 4 is 11.4 Å². The zero-order valence-electron chi connectivity index (χ0n) is 12.3. The second-order valence-electron chi connectivity index (χ2n) is 5.78. The van der Waals surface area contributed by atoms with Crippen molar-refractivity contribution in [3.05, 3.63) is 33.9 Å². The molecular weight excluding hydrogens is 266 g/mol. The number of hydrogen-bond donors (Lipinski definition) is 1. The molecule has 5 nitrogen and oxygen atoms in total. The molecule has 0 unspecified atom stereocenters. The van der Waals surface area contributed by atoms with Gasteiger partial charge in [0.25, 0.3) is 5.69 Å². The second kappa shape index (κ2) is 7.07. The van der Waals surface area contributed by atoms with E-state index >= 15 is 0 Å². The molecule has 112 valence electrons. The Bertz CT molecular complexity index is 543. The van der Waals surface area contributed by atoms with Crippen LogP contribution in [0.3, 0.4) is 0 Å². The first kappa shape index (κ1) is 15.3. The molecule has 0 spiro atoms. The smallest absolute Gasteiger partial charge is 0.287 e. The van der Waals surface area contributed by atoms with E-state index in [9.17, 15) is 10.1 Å². The maximum Gasteiger partial charge on any atom is 0.287 e. The third kappa shape index (κ3) is 3.94. The molecule has 0 amide bonds. The van der Waals surface area contributed by atoms with Crippen molar-refractivity contribution in [3.8, 4) is 6.07 Å². The molecule has 2 rings (SSSR count). The van der Waals surface area contributed by atoms with Gasteiger partial charge in [0, 0.05) is 18.3 Å². The van der Waals surface area contributed by atoms with Crippen molar-refractivity contribution in [1.82, 2.24) is 0 Å². The van der Waals surface area contributed by atoms with Gasteiger partial charge in [0.1, 0.15) is 11.6 Å². The van der Waals surface area contributed by atoms with Crippen LogP contribution in [0.15, 0.2) is 18.2 Å². The monoisotopic (exact) mass is 287 g/mol. The molecule has 0 aromatic heterocycles. The molecule has 1 fully saturated rings. The number of anilines is 1. The van der Waals surface area contributed by atoms with E-state index in [1.165, 1.54) is 38.2 Å². The predicted octanol–water partition coefficient (Wildman–Crippen LogP) is 4.09. The molecular formula is C16H21N3O2. The zero-order chi connectivity index (χ0) is 15.2. The fourth-order valence-electron chi connectivity index (χ4n) is 3.00. The maximum atomic E-state index is 10.8. The number of nitrogens with zero attached hydrogens (tertiary/aromatic N) is 2. The molecule has 1 aliphatic carbocycles. The van der Waals surface area contributed by atoms with Gasteiger partial charge in [0.15, 0.2) is 0 Å². The predicted molar refractivity (Wildman–Crippen MR) is 82.0 cm³/mol. The van der Waals surface area contributed by atoms with Gasteiger partial charge in [-0.25, -0.2) is 0 Å². The van der Waals surface area contributed by atoms with Crippen LogP contribution in [0.25, 0.3) is 0 Å². The number of benzene rings is 1. The van der Waals surface area contributed by atoms with Crippen LogP contribution < -0.4 is 5.32 Å². The lowest BCUT2D eigenvalue weighted by atomic mass is 9.81. The average Bonchev–Trinajstić information content (AvgIpc) is 2.52. The van der Waals surface area contributed by atoms with Gasteiger partial charge in [0.05, 0.1) is 4.92 Å². The molecule has 21 heavy (non-hydrogen) atoms. The maximum absolute atomic E-state index is 10.8. The molecule has 0 bridgehead atoms. The summed E-state index contributed by atoms with van der Waals surface area (Å²) >= 11 is 0. The molecule has 1 N–H and O–H groups in total. The third-order valence-electron chi connectivity index (χ3n) is 4.45. The fraction of sp³-hybridized carbons (Fsp3) is 0.562. The summed E-state index contributed by atoms with van der Waals surface area (Å²) in [6.45, 7) is 3.13. The zero-order valence-corrected chi connectivity index (χ0v) is 12.3. The van der Waals surface area contributed by atoms with Crippen molar-refractivity contribution in [2.24, 2.45) is 11.8 Å². The molecule has 0 atom stereocenters. The van der Waals surface area contributed by atoms with Crippen LogP contribution in [0, 0.1) is 33.3 Å². The van der Waals surface area contributed by atoms with Gasteiger partial charge in [-0.05, 0) is 36.8 Å². The summed E-state index contributed by atoms with van der Waals surface area (Å²) in [7, 11) is 0. The summed E-state index contributed by atoms with van der Waals surface area (Å²) in [5, 5.41) is 23.1. The molecule has 1 saturated carbocycles. The second-order valence-corrected chi connectivity index (χ2v) is 5.78. The molecule has 0 aliphatic heterocycles. The van der Waals surface area contributed by atoms with E-state index in [1.54, 1.807) is 12.1 Å². The van der Waals surface area contributed by atoms with Gasteiger partial charge in [-0.2, -0.15) is 5.26 Å². The summed E-state index contributed by atoms with van der Waals surface area (Å²) < 4.78 is 0. The quantitative estimate of drug-likeness (QED) is 0.653. The fourth-order valence-corrected chi connectivity index (χ4v) is 3.00.